The second kappa shape index (κ2) is 6.83. The lowest BCUT2D eigenvalue weighted by Crippen LogP contribution is -2.00. The molecule has 2 rings (SSSR count). The number of methoxy groups -OCH3 is 2. The van der Waals surface area contributed by atoms with Crippen molar-refractivity contribution >= 4 is 12.0 Å². The molecule has 1 aliphatic rings. The van der Waals surface area contributed by atoms with Gasteiger partial charge in [0.1, 0.15) is 0 Å². The highest BCUT2D eigenvalue weighted by Crippen LogP contribution is 2.27. The van der Waals surface area contributed by atoms with Gasteiger partial charge in [0.25, 0.3) is 0 Å². The lowest BCUT2D eigenvalue weighted by atomic mass is 10.2. The van der Waals surface area contributed by atoms with Gasteiger partial charge in [-0.15, -0.1) is 0 Å². The number of hydrogen-bond donors (Lipinski definition) is 0. The fraction of sp³-hybridized carbons (Fsp3) is 0.400. The third-order valence-corrected chi connectivity index (χ3v) is 2.90. The maximum Gasteiger partial charge on any atom is 0.208 e. The lowest BCUT2D eigenvalue weighted by molar-refractivity contribution is 0.307. The van der Waals surface area contributed by atoms with Crippen molar-refractivity contribution in [2.24, 2.45) is 4.99 Å². The number of nitrogens with zero attached hydrogens (tertiary/aromatic N) is 1. The van der Waals surface area contributed by atoms with E-state index in [9.17, 15) is 0 Å². The Morgan fingerprint density at radius 2 is 1.95 bits per heavy atom. The number of hydrogen-bond acceptors (Lipinski definition) is 4. The first kappa shape index (κ1) is 13.5. The van der Waals surface area contributed by atoms with Crippen molar-refractivity contribution < 1.29 is 14.2 Å². The second-order valence-electron chi connectivity index (χ2n) is 4.22. The van der Waals surface area contributed by atoms with Crippen LogP contribution in [0, 0.1) is 0 Å². The summed E-state index contributed by atoms with van der Waals surface area (Å²) in [5.41, 5.74) is 1.02. The molecular formula is C15H19NO3. The van der Waals surface area contributed by atoms with Crippen LogP contribution < -0.4 is 9.47 Å². The summed E-state index contributed by atoms with van der Waals surface area (Å²) in [6, 6.07) is 5.77. The van der Waals surface area contributed by atoms with E-state index in [-0.39, 0.29) is 0 Å². The van der Waals surface area contributed by atoms with Gasteiger partial charge in [-0.25, -0.2) is 0 Å². The molecule has 0 N–H and O–H groups in total. The molecular weight excluding hydrogens is 242 g/mol. The van der Waals surface area contributed by atoms with Crippen LogP contribution in [0.1, 0.15) is 18.4 Å². The maximum absolute atomic E-state index is 5.53. The summed E-state index contributed by atoms with van der Waals surface area (Å²) in [4.78, 5) is 4.37. The third kappa shape index (κ3) is 3.74. The van der Waals surface area contributed by atoms with Gasteiger partial charge in [0.05, 0.1) is 20.8 Å². The molecule has 0 saturated heterocycles. The Balaban J connectivity index is 2.11. The summed E-state index contributed by atoms with van der Waals surface area (Å²) in [5, 5.41) is 0. The number of benzene rings is 1. The van der Waals surface area contributed by atoms with Crippen molar-refractivity contribution in [1.29, 1.82) is 0 Å². The number of rotatable bonds is 4. The van der Waals surface area contributed by atoms with Crippen molar-refractivity contribution in [3.8, 4) is 11.5 Å². The first-order valence-corrected chi connectivity index (χ1v) is 6.41. The van der Waals surface area contributed by atoms with Gasteiger partial charge in [-0.3, -0.25) is 4.99 Å². The first-order chi connectivity index (χ1) is 9.33. The fourth-order valence-electron chi connectivity index (χ4n) is 1.85. The average Bonchev–Trinajstić information content (AvgIpc) is 2.73. The second-order valence-corrected chi connectivity index (χ2v) is 4.22. The Morgan fingerprint density at radius 1 is 1.11 bits per heavy atom. The van der Waals surface area contributed by atoms with Gasteiger partial charge in [0.15, 0.2) is 11.5 Å². The number of aliphatic imine (C=N–C) groups is 1. The van der Waals surface area contributed by atoms with Gasteiger partial charge >= 0.3 is 0 Å². The predicted molar refractivity (Wildman–Crippen MR) is 76.1 cm³/mol. The van der Waals surface area contributed by atoms with E-state index in [4.69, 9.17) is 14.2 Å². The fourth-order valence-corrected chi connectivity index (χ4v) is 1.85. The minimum Gasteiger partial charge on any atom is -0.493 e. The Bertz CT molecular complexity index is 480. The number of ether oxygens (including phenoxy) is 3. The molecule has 1 aromatic rings. The highest BCUT2D eigenvalue weighted by molar-refractivity contribution is 5.92. The molecule has 1 heterocycles. The summed E-state index contributed by atoms with van der Waals surface area (Å²) in [7, 11) is 3.26. The summed E-state index contributed by atoms with van der Waals surface area (Å²) in [6.45, 7) is 1.58. The molecule has 0 aliphatic carbocycles. The van der Waals surface area contributed by atoms with Crippen molar-refractivity contribution in [2.45, 2.75) is 12.8 Å². The molecule has 4 nitrogen and oxygen atoms in total. The van der Waals surface area contributed by atoms with E-state index in [0.29, 0.717) is 11.6 Å². The van der Waals surface area contributed by atoms with Gasteiger partial charge < -0.3 is 14.2 Å². The van der Waals surface area contributed by atoms with E-state index in [0.717, 1.165) is 37.3 Å². The van der Waals surface area contributed by atoms with E-state index >= 15 is 0 Å². The maximum atomic E-state index is 5.53. The van der Waals surface area contributed by atoms with Crippen molar-refractivity contribution in [1.82, 2.24) is 0 Å². The minimum atomic E-state index is 0.701. The molecule has 0 unspecified atom stereocenters. The van der Waals surface area contributed by atoms with Crippen LogP contribution in [0.25, 0.3) is 6.08 Å². The van der Waals surface area contributed by atoms with Crippen LogP contribution in [0.15, 0.2) is 29.3 Å². The SMILES string of the molecule is COc1ccc(/C=C/C2=NCCCCO2)cc1OC. The van der Waals surface area contributed by atoms with Gasteiger partial charge in [-0.1, -0.05) is 6.07 Å². The summed E-state index contributed by atoms with van der Waals surface area (Å²) in [6.07, 6.45) is 6.02. The highest BCUT2D eigenvalue weighted by Gasteiger charge is 2.04. The largest absolute Gasteiger partial charge is 0.493 e. The first-order valence-electron chi connectivity index (χ1n) is 6.41. The van der Waals surface area contributed by atoms with Crippen LogP contribution in [0.3, 0.4) is 0 Å². The van der Waals surface area contributed by atoms with Gasteiger partial charge in [0, 0.05) is 12.6 Å². The zero-order valence-electron chi connectivity index (χ0n) is 11.4. The molecule has 0 saturated carbocycles. The van der Waals surface area contributed by atoms with Crippen LogP contribution in [-0.2, 0) is 4.74 Å². The van der Waals surface area contributed by atoms with Crippen LogP contribution in [0.5, 0.6) is 11.5 Å². The molecule has 0 aromatic heterocycles. The zero-order valence-corrected chi connectivity index (χ0v) is 11.4. The van der Waals surface area contributed by atoms with Crippen LogP contribution >= 0.6 is 0 Å². The van der Waals surface area contributed by atoms with Crippen LogP contribution in [-0.4, -0.2) is 33.3 Å². The van der Waals surface area contributed by atoms with Crippen LogP contribution in [0.2, 0.25) is 0 Å². The molecule has 4 heteroatoms. The highest BCUT2D eigenvalue weighted by atomic mass is 16.5. The van der Waals surface area contributed by atoms with E-state index in [1.807, 2.05) is 30.4 Å². The monoisotopic (exact) mass is 261 g/mol. The smallest absolute Gasteiger partial charge is 0.208 e. The topological polar surface area (TPSA) is 40.0 Å². The van der Waals surface area contributed by atoms with E-state index < -0.39 is 0 Å². The summed E-state index contributed by atoms with van der Waals surface area (Å²) < 4.78 is 16.0. The van der Waals surface area contributed by atoms with E-state index in [1.54, 1.807) is 14.2 Å². The van der Waals surface area contributed by atoms with Crippen molar-refractivity contribution in [3.05, 3.63) is 29.8 Å². The zero-order chi connectivity index (χ0) is 13.5. The molecule has 1 aliphatic heterocycles. The Kier molecular flexibility index (Phi) is 4.84. The Morgan fingerprint density at radius 3 is 2.74 bits per heavy atom. The van der Waals surface area contributed by atoms with Crippen molar-refractivity contribution in [3.63, 3.8) is 0 Å². The molecule has 0 bridgehead atoms. The predicted octanol–water partition coefficient (Wildman–Crippen LogP) is 2.93. The van der Waals surface area contributed by atoms with Gasteiger partial charge in [-0.05, 0) is 36.6 Å². The van der Waals surface area contributed by atoms with E-state index in [1.165, 1.54) is 0 Å². The van der Waals surface area contributed by atoms with Crippen molar-refractivity contribution in [2.75, 3.05) is 27.4 Å². The summed E-state index contributed by atoms with van der Waals surface area (Å²) >= 11 is 0. The minimum absolute atomic E-state index is 0.701. The standard InChI is InChI=1S/C15H19NO3/c1-17-13-7-5-12(11-14(13)18-2)6-8-15-16-9-3-4-10-19-15/h5-8,11H,3-4,9-10H2,1-2H3/b8-6+. The molecule has 0 fully saturated rings. The molecule has 102 valence electrons. The molecule has 0 atom stereocenters. The molecule has 0 amide bonds. The Labute approximate surface area is 113 Å². The van der Waals surface area contributed by atoms with E-state index in [2.05, 4.69) is 4.99 Å². The normalized spacial score (nSPS) is 15.6. The molecule has 0 spiro atoms. The average molecular weight is 261 g/mol. The third-order valence-electron chi connectivity index (χ3n) is 2.90. The molecule has 19 heavy (non-hydrogen) atoms. The van der Waals surface area contributed by atoms with Crippen LogP contribution in [0.4, 0.5) is 0 Å². The summed E-state index contributed by atoms with van der Waals surface area (Å²) in [5.74, 6) is 2.14. The quantitative estimate of drug-likeness (QED) is 0.836. The molecule has 0 radical (unpaired) electrons. The Hall–Kier alpha value is -1.97. The lowest BCUT2D eigenvalue weighted by Gasteiger charge is -2.07. The molecule has 1 aromatic carbocycles. The van der Waals surface area contributed by atoms with Gasteiger partial charge in [0.2, 0.25) is 5.90 Å². The van der Waals surface area contributed by atoms with Gasteiger partial charge in [-0.2, -0.15) is 0 Å².